The second-order valence-corrected chi connectivity index (χ2v) is 5.98. The molecule has 0 aliphatic rings. The number of hydrogen-bond donors (Lipinski definition) is 1. The van der Waals surface area contributed by atoms with E-state index in [2.05, 4.69) is 54.9 Å². The van der Waals surface area contributed by atoms with Gasteiger partial charge in [0.2, 0.25) is 0 Å². The summed E-state index contributed by atoms with van der Waals surface area (Å²) in [7, 11) is 0. The molecular formula is C16H21NS. The zero-order valence-electron chi connectivity index (χ0n) is 11.1. The molecule has 0 saturated carbocycles. The Morgan fingerprint density at radius 2 is 1.67 bits per heavy atom. The first kappa shape index (κ1) is 13.3. The minimum absolute atomic E-state index is 0.212. The first-order valence-electron chi connectivity index (χ1n) is 6.50. The van der Waals surface area contributed by atoms with Crippen LogP contribution in [0.15, 0.2) is 41.1 Å². The van der Waals surface area contributed by atoms with E-state index in [-0.39, 0.29) is 6.04 Å². The quantitative estimate of drug-likeness (QED) is 0.863. The fourth-order valence-corrected chi connectivity index (χ4v) is 2.81. The summed E-state index contributed by atoms with van der Waals surface area (Å²) in [5.74, 6) is 0.596. The third-order valence-electron chi connectivity index (χ3n) is 3.22. The number of benzene rings is 1. The predicted molar refractivity (Wildman–Crippen MR) is 80.2 cm³/mol. The van der Waals surface area contributed by atoms with E-state index in [9.17, 15) is 0 Å². The number of rotatable bonds is 5. The maximum atomic E-state index is 6.20. The molecule has 2 N–H and O–H groups in total. The van der Waals surface area contributed by atoms with E-state index in [0.29, 0.717) is 5.92 Å². The molecule has 2 rings (SSSR count). The van der Waals surface area contributed by atoms with Crippen molar-refractivity contribution < 1.29 is 0 Å². The molecule has 0 amide bonds. The van der Waals surface area contributed by atoms with Crippen molar-refractivity contribution in [1.29, 1.82) is 0 Å². The molecule has 1 aromatic carbocycles. The van der Waals surface area contributed by atoms with Gasteiger partial charge in [-0.25, -0.2) is 0 Å². The SMILES string of the molecule is CC(C)c1ccc(CC(N)Cc2ccsc2)cc1. The Balaban J connectivity index is 1.92. The van der Waals surface area contributed by atoms with Crippen LogP contribution in [0, 0.1) is 0 Å². The first-order chi connectivity index (χ1) is 8.65. The summed E-state index contributed by atoms with van der Waals surface area (Å²) in [5, 5.41) is 4.29. The summed E-state index contributed by atoms with van der Waals surface area (Å²) in [6, 6.07) is 11.2. The highest BCUT2D eigenvalue weighted by Crippen LogP contribution is 2.16. The van der Waals surface area contributed by atoms with Gasteiger partial charge >= 0.3 is 0 Å². The molecule has 0 bridgehead atoms. The van der Waals surface area contributed by atoms with Crippen molar-refractivity contribution in [3.63, 3.8) is 0 Å². The second-order valence-electron chi connectivity index (χ2n) is 5.20. The van der Waals surface area contributed by atoms with Crippen molar-refractivity contribution in [3.8, 4) is 0 Å². The van der Waals surface area contributed by atoms with Gasteiger partial charge in [0.05, 0.1) is 0 Å². The number of nitrogens with two attached hydrogens (primary N) is 1. The number of thiophene rings is 1. The van der Waals surface area contributed by atoms with Crippen molar-refractivity contribution in [1.82, 2.24) is 0 Å². The first-order valence-corrected chi connectivity index (χ1v) is 7.45. The normalized spacial score (nSPS) is 12.9. The lowest BCUT2D eigenvalue weighted by Crippen LogP contribution is -2.25. The molecular weight excluding hydrogens is 238 g/mol. The third-order valence-corrected chi connectivity index (χ3v) is 3.95. The van der Waals surface area contributed by atoms with Crippen LogP contribution >= 0.6 is 11.3 Å². The molecule has 2 heteroatoms. The minimum Gasteiger partial charge on any atom is -0.327 e. The van der Waals surface area contributed by atoms with Crippen molar-refractivity contribution >= 4 is 11.3 Å². The van der Waals surface area contributed by atoms with Gasteiger partial charge in [-0.3, -0.25) is 0 Å². The van der Waals surface area contributed by atoms with E-state index in [0.717, 1.165) is 12.8 Å². The molecule has 0 radical (unpaired) electrons. The van der Waals surface area contributed by atoms with Crippen LogP contribution < -0.4 is 5.73 Å². The third kappa shape index (κ3) is 3.69. The monoisotopic (exact) mass is 259 g/mol. The Kier molecular flexibility index (Phi) is 4.56. The molecule has 1 heterocycles. The molecule has 0 saturated heterocycles. The molecule has 18 heavy (non-hydrogen) atoms. The molecule has 0 spiro atoms. The van der Waals surface area contributed by atoms with Gasteiger partial charge in [-0.05, 0) is 52.3 Å². The van der Waals surface area contributed by atoms with Crippen LogP contribution in [-0.4, -0.2) is 6.04 Å². The van der Waals surface area contributed by atoms with Gasteiger partial charge in [-0.2, -0.15) is 11.3 Å². The van der Waals surface area contributed by atoms with Gasteiger partial charge < -0.3 is 5.73 Å². The Morgan fingerprint density at radius 1 is 1.00 bits per heavy atom. The summed E-state index contributed by atoms with van der Waals surface area (Å²) >= 11 is 1.74. The van der Waals surface area contributed by atoms with Crippen LogP contribution in [0.4, 0.5) is 0 Å². The van der Waals surface area contributed by atoms with Crippen LogP contribution in [0.1, 0.15) is 36.5 Å². The van der Waals surface area contributed by atoms with Gasteiger partial charge in [0, 0.05) is 6.04 Å². The van der Waals surface area contributed by atoms with E-state index in [4.69, 9.17) is 5.73 Å². The topological polar surface area (TPSA) is 26.0 Å². The molecule has 0 fully saturated rings. The second kappa shape index (κ2) is 6.17. The van der Waals surface area contributed by atoms with E-state index < -0.39 is 0 Å². The molecule has 2 aromatic rings. The lowest BCUT2D eigenvalue weighted by molar-refractivity contribution is 0.665. The van der Waals surface area contributed by atoms with Crippen molar-refractivity contribution in [2.24, 2.45) is 5.73 Å². The van der Waals surface area contributed by atoms with Gasteiger partial charge in [0.15, 0.2) is 0 Å². The van der Waals surface area contributed by atoms with Crippen molar-refractivity contribution in [3.05, 3.63) is 57.8 Å². The standard InChI is InChI=1S/C16H21NS/c1-12(2)15-5-3-13(4-6-15)9-16(17)10-14-7-8-18-11-14/h3-8,11-12,16H,9-10,17H2,1-2H3. The maximum Gasteiger partial charge on any atom is 0.0120 e. The Bertz CT molecular complexity index is 456. The van der Waals surface area contributed by atoms with Crippen LogP contribution in [0.5, 0.6) is 0 Å². The molecule has 1 atom stereocenters. The zero-order valence-corrected chi connectivity index (χ0v) is 11.9. The van der Waals surface area contributed by atoms with E-state index in [1.807, 2.05) is 0 Å². The van der Waals surface area contributed by atoms with Crippen molar-refractivity contribution in [2.75, 3.05) is 0 Å². The summed E-state index contributed by atoms with van der Waals surface area (Å²) in [6.07, 6.45) is 1.92. The fourth-order valence-electron chi connectivity index (χ4n) is 2.13. The molecule has 1 aromatic heterocycles. The largest absolute Gasteiger partial charge is 0.327 e. The lowest BCUT2D eigenvalue weighted by atomic mass is 9.97. The van der Waals surface area contributed by atoms with Crippen LogP contribution in [0.3, 0.4) is 0 Å². The highest BCUT2D eigenvalue weighted by Gasteiger charge is 2.06. The molecule has 0 aliphatic carbocycles. The van der Waals surface area contributed by atoms with E-state index in [1.165, 1.54) is 16.7 Å². The average molecular weight is 259 g/mol. The Morgan fingerprint density at radius 3 is 2.22 bits per heavy atom. The van der Waals surface area contributed by atoms with Gasteiger partial charge in [0.25, 0.3) is 0 Å². The summed E-state index contributed by atoms with van der Waals surface area (Å²) in [5.41, 5.74) is 10.3. The summed E-state index contributed by atoms with van der Waals surface area (Å²) < 4.78 is 0. The van der Waals surface area contributed by atoms with Crippen molar-refractivity contribution in [2.45, 2.75) is 38.6 Å². The van der Waals surface area contributed by atoms with Crippen LogP contribution in [0.25, 0.3) is 0 Å². The molecule has 1 unspecified atom stereocenters. The van der Waals surface area contributed by atoms with E-state index >= 15 is 0 Å². The highest BCUT2D eigenvalue weighted by atomic mass is 32.1. The fraction of sp³-hybridized carbons (Fsp3) is 0.375. The van der Waals surface area contributed by atoms with Crippen LogP contribution in [0.2, 0.25) is 0 Å². The average Bonchev–Trinajstić information content (AvgIpc) is 2.82. The van der Waals surface area contributed by atoms with Gasteiger partial charge in [-0.1, -0.05) is 38.1 Å². The summed E-state index contributed by atoms with van der Waals surface area (Å²) in [6.45, 7) is 4.44. The molecule has 96 valence electrons. The Hall–Kier alpha value is -1.12. The van der Waals surface area contributed by atoms with Crippen LogP contribution in [-0.2, 0) is 12.8 Å². The summed E-state index contributed by atoms with van der Waals surface area (Å²) in [4.78, 5) is 0. The predicted octanol–water partition coefficient (Wildman–Crippen LogP) is 3.98. The Labute approximate surface area is 114 Å². The van der Waals surface area contributed by atoms with E-state index in [1.54, 1.807) is 11.3 Å². The molecule has 0 aliphatic heterocycles. The lowest BCUT2D eigenvalue weighted by Gasteiger charge is -2.12. The highest BCUT2D eigenvalue weighted by molar-refractivity contribution is 7.07. The number of hydrogen-bond acceptors (Lipinski definition) is 2. The zero-order chi connectivity index (χ0) is 13.0. The van der Waals surface area contributed by atoms with Gasteiger partial charge in [-0.15, -0.1) is 0 Å². The van der Waals surface area contributed by atoms with Gasteiger partial charge in [0.1, 0.15) is 0 Å². The maximum absolute atomic E-state index is 6.20. The molecule has 1 nitrogen and oxygen atoms in total. The smallest absolute Gasteiger partial charge is 0.0120 e. The minimum atomic E-state index is 0.212.